The van der Waals surface area contributed by atoms with Gasteiger partial charge in [-0.25, -0.2) is 29.3 Å². The number of aromatic nitrogens is 6. The number of carboxylic acids is 2. The molecule has 0 bridgehead atoms. The molecule has 15 N–H and O–H groups in total. The fraction of sp³-hybridized carbons (Fsp3) is 0.600. The van der Waals surface area contributed by atoms with Gasteiger partial charge in [0.05, 0.1) is 54.2 Å². The zero-order chi connectivity index (χ0) is 84.0. The van der Waals surface area contributed by atoms with E-state index in [-0.39, 0.29) is 123 Å². The van der Waals surface area contributed by atoms with Gasteiger partial charge in [0.15, 0.2) is 5.13 Å². The van der Waals surface area contributed by atoms with Gasteiger partial charge < -0.3 is 63.6 Å². The molecule has 0 unspecified atom stereocenters. The molecule has 38 heteroatoms. The van der Waals surface area contributed by atoms with Crippen molar-refractivity contribution < 1.29 is 101 Å². The Hall–Kier alpha value is -8.39. The Labute approximate surface area is 702 Å². The molecule has 5 aliphatic heterocycles. The number of urea groups is 1. The predicted octanol–water partition coefficient (Wildman–Crippen LogP) is 10.9. The molecule has 0 spiro atoms. The van der Waals surface area contributed by atoms with E-state index in [0.29, 0.717) is 44.5 Å². The number of thiazole rings is 2. The molecule has 10 heterocycles. The SMILES string of the molecule is C.CC(=O)O.CC(=O)O.CC(C)(C)OC(=O)N1CCC[C@H]1C#N.CC(C)(C)OC(=O)N1CCC[C@H]1C(N)=[17O].Cc1nc(CC(=O)n2ccnc2)sc1-c1ccnc(C(C)(C)C)c1.Cc1nc(NC(=O)N2CCC[C@H]2C(N)=[17O])sc1-c1ccnc(C(C)(C)C)c1.Cl.Cl.NC(=[17O])[C@@H]1CCCN1.NC(=[17O])[C@@H]1CCCN1.[17OH2].[2H]CC.[2H]CF.[Pd]. The topological polar surface area (TPSA) is 504 Å². The number of carboxylic acid groups (broad SMARTS) is 2. The van der Waals surface area contributed by atoms with Crippen LogP contribution in [0, 0.1) is 25.2 Å². The Bertz CT molecular complexity index is 3760. The van der Waals surface area contributed by atoms with Gasteiger partial charge in [0.1, 0.15) is 40.7 Å². The molecule has 8 amide bonds. The molecule has 0 radical (unpaired) electrons. The summed E-state index contributed by atoms with van der Waals surface area (Å²) in [5.74, 6) is -3.06. The van der Waals surface area contributed by atoms with Gasteiger partial charge in [-0.15, -0.1) is 36.2 Å². The first-order chi connectivity index (χ1) is 51.2. The zero-order valence-corrected chi connectivity index (χ0v) is 72.0. The average Bonchev–Trinajstić information content (AvgIpc) is 1.54. The van der Waals surface area contributed by atoms with E-state index in [2.05, 4.69) is 101 Å². The molecule has 0 saturated carbocycles. The fourth-order valence-electron chi connectivity index (χ4n) is 10.5. The summed E-state index contributed by atoms with van der Waals surface area (Å²) in [6.45, 7) is 35.6. The van der Waals surface area contributed by atoms with Gasteiger partial charge in [-0.3, -0.25) is 67.6 Å². The average molecular weight is 1770 g/mol. The van der Waals surface area contributed by atoms with Crippen molar-refractivity contribution in [2.45, 2.75) is 255 Å². The number of rotatable bonds is 9. The number of carbonyl (C=O) groups excluding carboxylic acids is 8. The minimum absolute atomic E-state index is 0. The minimum Gasteiger partial charge on any atom is -0.481 e. The van der Waals surface area contributed by atoms with E-state index < -0.39 is 60.3 Å². The number of nitrogens with zero attached hydrogens (tertiary/aromatic N) is 10. The van der Waals surface area contributed by atoms with E-state index in [1.165, 1.54) is 36.9 Å². The summed E-state index contributed by atoms with van der Waals surface area (Å²) in [5.41, 5.74) is 25.5. The number of halogens is 3. The van der Waals surface area contributed by atoms with E-state index in [9.17, 15) is 42.7 Å². The summed E-state index contributed by atoms with van der Waals surface area (Å²) < 4.78 is 33.6. The summed E-state index contributed by atoms with van der Waals surface area (Å²) >= 11 is 2.98. The van der Waals surface area contributed by atoms with Crippen molar-refractivity contribution in [1.29, 1.82) is 5.26 Å². The molecule has 5 aromatic heterocycles. The van der Waals surface area contributed by atoms with Gasteiger partial charge in [-0.2, -0.15) is 5.26 Å². The molecular weight excluding hydrogens is 1640 g/mol. The van der Waals surface area contributed by atoms with E-state index >= 15 is 0 Å². The Morgan fingerprint density at radius 2 is 1.05 bits per heavy atom. The maximum absolute atomic E-state index is 12.5. The van der Waals surface area contributed by atoms with Crippen LogP contribution in [0.15, 0.2) is 55.4 Å². The normalized spacial score (nSPS) is 16.9. The fourth-order valence-corrected chi connectivity index (χ4v) is 12.5. The molecule has 32 nitrogen and oxygen atoms in total. The number of anilines is 1. The molecule has 113 heavy (non-hydrogen) atoms. The number of ether oxygens (including phenoxy) is 2. The van der Waals surface area contributed by atoms with Crippen molar-refractivity contribution in [3.05, 3.63) is 83.2 Å². The maximum atomic E-state index is 12.5. The van der Waals surface area contributed by atoms with Gasteiger partial charge in [-0.1, -0.05) is 74.1 Å². The third-order valence-electron chi connectivity index (χ3n) is 15.4. The molecule has 10 rings (SSSR count). The van der Waals surface area contributed by atoms with Crippen LogP contribution in [-0.4, -0.2) is 201 Å². The second-order valence-corrected chi connectivity index (χ2v) is 31.0. The number of nitriles is 1. The number of alkyl halides is 1. The second-order valence-electron chi connectivity index (χ2n) is 28.9. The van der Waals surface area contributed by atoms with Crippen LogP contribution < -0.4 is 38.9 Å². The molecular formula is C75H124Cl2FN17O15PdS2. The van der Waals surface area contributed by atoms with Gasteiger partial charge in [0.25, 0.3) is 11.9 Å². The van der Waals surface area contributed by atoms with E-state index in [1.54, 1.807) is 57.6 Å². The number of nitrogens with two attached hydrogens (primary N) is 4. The molecule has 0 aliphatic carbocycles. The summed E-state index contributed by atoms with van der Waals surface area (Å²) in [7, 11) is -1.00. The summed E-state index contributed by atoms with van der Waals surface area (Å²) in [6, 6.07) is 8.46. The number of imidazole rings is 1. The Morgan fingerprint density at radius 3 is 1.42 bits per heavy atom. The maximum Gasteiger partial charge on any atom is 0.411 e. The number of nitrogens with one attached hydrogen (secondary N) is 3. The van der Waals surface area contributed by atoms with Crippen LogP contribution in [0.4, 0.5) is 23.9 Å². The first kappa shape index (κ1) is 109. The zero-order valence-electron chi connectivity index (χ0n) is 69.2. The van der Waals surface area contributed by atoms with E-state index in [0.717, 1.165) is 127 Å². The third-order valence-corrected chi connectivity index (χ3v) is 17.7. The molecule has 642 valence electrons. The molecule has 5 atom stereocenters. The van der Waals surface area contributed by atoms with Crippen molar-refractivity contribution in [2.75, 3.05) is 45.2 Å². The minimum atomic E-state index is -1.00. The van der Waals surface area contributed by atoms with Crippen LogP contribution in [0.1, 0.15) is 218 Å². The molecule has 5 aromatic rings. The molecule has 5 fully saturated rings. The van der Waals surface area contributed by atoms with Gasteiger partial charge in [0, 0.05) is 102 Å². The summed E-state index contributed by atoms with van der Waals surface area (Å²) in [6.07, 6.45) is 16.3. The first-order valence-electron chi connectivity index (χ1n) is 36.6. The first-order valence-corrected chi connectivity index (χ1v) is 36.8. The van der Waals surface area contributed by atoms with Crippen molar-refractivity contribution in [1.82, 2.24) is 54.8 Å². The predicted molar refractivity (Wildman–Crippen MR) is 439 cm³/mol. The second kappa shape index (κ2) is 55.2. The van der Waals surface area contributed by atoms with Crippen molar-refractivity contribution >= 4 is 112 Å². The van der Waals surface area contributed by atoms with Crippen LogP contribution in [0.5, 0.6) is 0 Å². The quantitative estimate of drug-likeness (QED) is 0.0619. The molecule has 5 saturated heterocycles. The van der Waals surface area contributed by atoms with Crippen LogP contribution in [0.25, 0.3) is 20.9 Å². The van der Waals surface area contributed by atoms with Crippen molar-refractivity contribution in [2.24, 2.45) is 22.9 Å². The number of pyridine rings is 2. The van der Waals surface area contributed by atoms with Gasteiger partial charge in [0.2, 0.25) is 29.5 Å². The largest absolute Gasteiger partial charge is 0.481 e. The number of likely N-dealkylation sites (tertiary alicyclic amines) is 3. The van der Waals surface area contributed by atoms with Crippen molar-refractivity contribution in [3.63, 3.8) is 0 Å². The Kier molecular flexibility index (Phi) is 53.1. The van der Waals surface area contributed by atoms with Crippen LogP contribution in [0.3, 0.4) is 0 Å². The Morgan fingerprint density at radius 1 is 0.664 bits per heavy atom. The summed E-state index contributed by atoms with van der Waals surface area (Å²) in [5, 5.41) is 33.7. The Balaban J connectivity index is -0.000000419. The van der Waals surface area contributed by atoms with Crippen LogP contribution in [0.2, 0.25) is 0 Å². The standard InChI is InChI=1S/C19H25N5O2S.C18H20N4OS.C10H18N2O3.C10H16N2O2.2C5H10N2O.2C2H4O2.C2H6.CH3F.CH4.2ClH.H2O.Pd/c1-11-15(12-7-8-21-14(10-12)19(2,3)4)27-17(22-11)23-18(26)24-9-5-6-13(24)16(20)25;1-12-17(13-5-6-20-14(9-13)18(2,3)4)24-15(21-12)10-16(23)22-8-7-19-11-22;1-10(2,3)15-9(14)12-6-4-5-7(12)8(11)13;1-10(2,3)14-9(13)12-6-4-5-8(12)7-11;2*6-5(8)4-2-1-3-7-4;2*1-2(3)4;2*1-2;;;;;/h7-8,10,13H,5-6,9H2,1-4H3,(H2,20,25)(H,22,23,26);5-9,11H,10H2,1-4H3;7H,4-6H2,1-3H3,(H2,11,13);8H,4-6H2,1-3H3;2*4,7H,1-3H2,(H2,6,8);2*1H3,(H,3,4);1-2H3;1H3;1H4;2*1H;1H2;/t13-;;7-;8-;2*4-;;;;;;;;;/m0.0000........./s1/i25+1;;13+1;;2*8+1;;;2*1D;;;;1+1;. The van der Waals surface area contributed by atoms with E-state index in [1.807, 2.05) is 52.9 Å². The van der Waals surface area contributed by atoms with Crippen LogP contribution in [-0.2, 0) is 75.9 Å². The molecule has 0 aromatic carbocycles. The number of amides is 8. The number of hydrogen-bond donors (Lipinski definition) is 9. The smallest absolute Gasteiger partial charge is 0.411 e. The number of aliphatic carboxylic acids is 2. The van der Waals surface area contributed by atoms with Crippen molar-refractivity contribution in [3.8, 4) is 27.0 Å². The third kappa shape index (κ3) is 42.5. The number of primary amides is 4. The number of carbonyl (C=O) groups is 10. The van der Waals surface area contributed by atoms with Crippen LogP contribution >= 0.6 is 47.5 Å². The number of aryl methyl sites for hydroxylation is 2. The molecule has 5 aliphatic rings. The monoisotopic (exact) mass is 1770 g/mol. The summed E-state index contributed by atoms with van der Waals surface area (Å²) in [4.78, 5) is 138. The van der Waals surface area contributed by atoms with Gasteiger partial charge in [-0.05, 0) is 168 Å². The van der Waals surface area contributed by atoms with Gasteiger partial charge >= 0.3 is 18.2 Å². The van der Waals surface area contributed by atoms with E-state index in [4.69, 9.17) is 60.2 Å². The number of hydrogen-bond acceptors (Lipinski definition) is 22.